The number of hydrogen-bond donors (Lipinski definition) is 2. The van der Waals surface area contributed by atoms with Crippen molar-refractivity contribution in [3.63, 3.8) is 0 Å². The Kier molecular flexibility index (Phi) is 5.78. The van der Waals surface area contributed by atoms with Crippen LogP contribution >= 0.6 is 0 Å². The Morgan fingerprint density at radius 1 is 0.892 bits per heavy atom. The van der Waals surface area contributed by atoms with Gasteiger partial charge in [0.05, 0.1) is 17.6 Å². The first kappa shape index (κ1) is 22.7. The molecule has 5 aromatic heterocycles. The maximum absolute atomic E-state index is 14.5. The molecule has 9 nitrogen and oxygen atoms in total. The maximum atomic E-state index is 14.5. The third-order valence-electron chi connectivity index (χ3n) is 6.05. The summed E-state index contributed by atoms with van der Waals surface area (Å²) in [5.74, 6) is 0.123. The minimum absolute atomic E-state index is 0.362. The molecule has 0 amide bonds. The molecule has 6 rings (SSSR count). The molecular formula is C27H23FN8O. The van der Waals surface area contributed by atoms with Crippen LogP contribution in [0.5, 0.6) is 5.75 Å². The zero-order valence-electron chi connectivity index (χ0n) is 20.2. The molecule has 0 aliphatic carbocycles. The predicted molar refractivity (Wildman–Crippen MR) is 139 cm³/mol. The summed E-state index contributed by atoms with van der Waals surface area (Å²) in [5.41, 5.74) is 5.88. The Morgan fingerprint density at radius 2 is 1.81 bits per heavy atom. The summed E-state index contributed by atoms with van der Waals surface area (Å²) >= 11 is 0. The molecular weight excluding hydrogens is 471 g/mol. The van der Waals surface area contributed by atoms with Crippen molar-refractivity contribution in [3.8, 4) is 39.5 Å². The highest BCUT2D eigenvalue weighted by molar-refractivity contribution is 5.99. The molecule has 0 atom stereocenters. The molecule has 2 N–H and O–H groups in total. The van der Waals surface area contributed by atoms with Gasteiger partial charge in [0.15, 0.2) is 5.65 Å². The Balaban J connectivity index is 1.41. The number of aromatic amines is 2. The number of nitrogens with one attached hydrogen (secondary N) is 2. The first-order chi connectivity index (χ1) is 18.0. The van der Waals surface area contributed by atoms with E-state index in [0.29, 0.717) is 34.9 Å². The normalized spacial score (nSPS) is 11.6. The molecule has 0 fully saturated rings. The van der Waals surface area contributed by atoms with Gasteiger partial charge in [-0.3, -0.25) is 15.1 Å². The zero-order valence-corrected chi connectivity index (χ0v) is 20.2. The number of halogens is 1. The van der Waals surface area contributed by atoms with Gasteiger partial charge in [0, 0.05) is 53.7 Å². The summed E-state index contributed by atoms with van der Waals surface area (Å²) in [6.45, 7) is 1.20. The Hall–Kier alpha value is -4.70. The van der Waals surface area contributed by atoms with Gasteiger partial charge in [0.1, 0.15) is 29.5 Å². The smallest absolute Gasteiger partial charge is 0.155 e. The lowest BCUT2D eigenvalue weighted by Gasteiger charge is -2.12. The van der Waals surface area contributed by atoms with Crippen molar-refractivity contribution < 1.29 is 9.13 Å². The predicted octanol–water partition coefficient (Wildman–Crippen LogP) is 4.70. The first-order valence-electron chi connectivity index (χ1n) is 11.7. The number of likely N-dealkylation sites (N-methyl/N-ethyl adjacent to an activating group) is 1. The second-order valence-corrected chi connectivity index (χ2v) is 8.91. The van der Waals surface area contributed by atoms with Crippen LogP contribution in [-0.4, -0.2) is 67.3 Å². The van der Waals surface area contributed by atoms with Gasteiger partial charge in [-0.25, -0.2) is 14.4 Å². The van der Waals surface area contributed by atoms with E-state index in [9.17, 15) is 4.39 Å². The minimum Gasteiger partial charge on any atom is -0.492 e. The van der Waals surface area contributed by atoms with Gasteiger partial charge in [-0.2, -0.15) is 5.10 Å². The van der Waals surface area contributed by atoms with Crippen LogP contribution in [0.3, 0.4) is 0 Å². The van der Waals surface area contributed by atoms with E-state index in [0.717, 1.165) is 39.8 Å². The topological polar surface area (TPSA) is 108 Å². The van der Waals surface area contributed by atoms with E-state index < -0.39 is 0 Å². The van der Waals surface area contributed by atoms with Crippen LogP contribution in [0.2, 0.25) is 0 Å². The van der Waals surface area contributed by atoms with Crippen molar-refractivity contribution >= 4 is 22.1 Å². The van der Waals surface area contributed by atoms with Gasteiger partial charge >= 0.3 is 0 Å². The number of aromatic nitrogens is 7. The minimum atomic E-state index is -0.362. The van der Waals surface area contributed by atoms with E-state index >= 15 is 0 Å². The average Bonchev–Trinajstić information content (AvgIpc) is 3.52. The lowest BCUT2D eigenvalue weighted by atomic mass is 10.0. The Labute approximate surface area is 211 Å². The average molecular weight is 495 g/mol. The van der Waals surface area contributed by atoms with Crippen molar-refractivity contribution in [1.29, 1.82) is 0 Å². The van der Waals surface area contributed by atoms with Gasteiger partial charge in [0.25, 0.3) is 0 Å². The van der Waals surface area contributed by atoms with E-state index in [4.69, 9.17) is 4.74 Å². The molecule has 0 spiro atoms. The number of benzene rings is 1. The largest absolute Gasteiger partial charge is 0.492 e. The third kappa shape index (κ3) is 4.50. The fraction of sp³-hybridized carbons (Fsp3) is 0.148. The Bertz CT molecular complexity index is 1710. The van der Waals surface area contributed by atoms with Crippen LogP contribution in [0.15, 0.2) is 67.4 Å². The standard InChI is InChI=1S/C27H23FN8O/c1-36(2)7-8-37-19-10-16(9-18(28)12-19)20-3-4-31-26-21(20)13-23(33-26)25-22-11-17(14-32-27(22)35-34-25)24-15-29-5-6-30-24/h3-6,9-15H,7-8H2,1-2H3,(H,31,33)(H,32,34,35). The van der Waals surface area contributed by atoms with Crippen molar-refractivity contribution in [1.82, 2.24) is 40.0 Å². The van der Waals surface area contributed by atoms with Gasteiger partial charge in [-0.05, 0) is 55.6 Å². The van der Waals surface area contributed by atoms with E-state index in [1.54, 1.807) is 31.0 Å². The summed E-state index contributed by atoms with van der Waals surface area (Å²) in [7, 11) is 3.93. The molecule has 0 bridgehead atoms. The third-order valence-corrected chi connectivity index (χ3v) is 6.05. The molecule has 1 aromatic carbocycles. The monoisotopic (exact) mass is 494 g/mol. The van der Waals surface area contributed by atoms with Crippen LogP contribution in [0.4, 0.5) is 4.39 Å². The number of H-pyrrole nitrogens is 2. The molecule has 0 unspecified atom stereocenters. The van der Waals surface area contributed by atoms with Gasteiger partial charge < -0.3 is 14.6 Å². The quantitative estimate of drug-likeness (QED) is 0.331. The fourth-order valence-electron chi connectivity index (χ4n) is 4.25. The Morgan fingerprint density at radius 3 is 2.65 bits per heavy atom. The maximum Gasteiger partial charge on any atom is 0.155 e. The summed E-state index contributed by atoms with van der Waals surface area (Å²) < 4.78 is 20.3. The first-order valence-corrected chi connectivity index (χ1v) is 11.7. The molecule has 0 aliphatic heterocycles. The van der Waals surface area contributed by atoms with Gasteiger partial charge in [-0.15, -0.1) is 0 Å². The molecule has 0 radical (unpaired) electrons. The van der Waals surface area contributed by atoms with E-state index in [2.05, 4.69) is 35.1 Å². The van der Waals surface area contributed by atoms with Crippen LogP contribution in [0.1, 0.15) is 0 Å². The second kappa shape index (κ2) is 9.40. The van der Waals surface area contributed by atoms with Crippen LogP contribution in [-0.2, 0) is 0 Å². The molecule has 6 aromatic rings. The lowest BCUT2D eigenvalue weighted by Crippen LogP contribution is -2.19. The van der Waals surface area contributed by atoms with Crippen LogP contribution in [0.25, 0.3) is 55.8 Å². The van der Waals surface area contributed by atoms with E-state index in [1.165, 1.54) is 12.1 Å². The number of nitrogens with zero attached hydrogens (tertiary/aromatic N) is 6. The lowest BCUT2D eigenvalue weighted by molar-refractivity contribution is 0.260. The highest BCUT2D eigenvalue weighted by atomic mass is 19.1. The summed E-state index contributed by atoms with van der Waals surface area (Å²) in [6.07, 6.45) is 8.41. The van der Waals surface area contributed by atoms with E-state index in [1.807, 2.05) is 43.3 Å². The summed E-state index contributed by atoms with van der Waals surface area (Å²) in [6, 6.07) is 10.6. The highest BCUT2D eigenvalue weighted by Crippen LogP contribution is 2.35. The summed E-state index contributed by atoms with van der Waals surface area (Å²) in [5, 5.41) is 9.17. The summed E-state index contributed by atoms with van der Waals surface area (Å²) in [4.78, 5) is 22.9. The molecule has 0 aliphatic rings. The molecule has 5 heterocycles. The second-order valence-electron chi connectivity index (χ2n) is 8.91. The number of rotatable bonds is 7. The molecule has 0 saturated carbocycles. The highest BCUT2D eigenvalue weighted by Gasteiger charge is 2.16. The number of ether oxygens (including phenoxy) is 1. The van der Waals surface area contributed by atoms with Gasteiger partial charge in [0.2, 0.25) is 0 Å². The number of hydrogen-bond acceptors (Lipinski definition) is 7. The fourth-order valence-corrected chi connectivity index (χ4v) is 4.25. The number of fused-ring (bicyclic) bond motifs is 2. The van der Waals surface area contributed by atoms with Crippen LogP contribution in [0, 0.1) is 5.82 Å². The number of pyridine rings is 2. The zero-order chi connectivity index (χ0) is 25.4. The molecule has 184 valence electrons. The van der Waals surface area contributed by atoms with Crippen molar-refractivity contribution in [3.05, 3.63) is 73.2 Å². The van der Waals surface area contributed by atoms with Crippen molar-refractivity contribution in [2.24, 2.45) is 0 Å². The SMILES string of the molecule is CN(C)CCOc1cc(F)cc(-c2ccnc3[nH]c(-c4n[nH]c5ncc(-c6cnccn6)cc45)cc23)c1. The molecule has 10 heteroatoms. The van der Waals surface area contributed by atoms with Crippen LogP contribution < -0.4 is 4.74 Å². The van der Waals surface area contributed by atoms with Crippen molar-refractivity contribution in [2.45, 2.75) is 0 Å². The molecule has 37 heavy (non-hydrogen) atoms. The van der Waals surface area contributed by atoms with Crippen molar-refractivity contribution in [2.75, 3.05) is 27.2 Å². The molecule has 0 saturated heterocycles. The van der Waals surface area contributed by atoms with E-state index in [-0.39, 0.29) is 5.82 Å². The van der Waals surface area contributed by atoms with Gasteiger partial charge in [-0.1, -0.05) is 0 Å².